The van der Waals surface area contributed by atoms with Crippen molar-refractivity contribution in [2.75, 3.05) is 7.11 Å². The van der Waals surface area contributed by atoms with E-state index in [2.05, 4.69) is 102 Å². The molecular weight excluding hydrogens is 553 g/mol. The molecular formula is C25H27N3OPt. The summed E-state index contributed by atoms with van der Waals surface area (Å²) in [7, 11) is 1.65. The van der Waals surface area contributed by atoms with Crippen molar-refractivity contribution in [3.8, 4) is 5.75 Å². The molecule has 1 heterocycles. The zero-order valence-corrected chi connectivity index (χ0v) is 19.3. The number of nitrogens with two attached hydrogens (primary N) is 1. The number of imidazole rings is 1. The number of aromatic nitrogens is 2. The molecule has 30 heavy (non-hydrogen) atoms. The number of nitrogens with zero attached hydrogens (tertiary/aromatic N) is 2. The van der Waals surface area contributed by atoms with Crippen molar-refractivity contribution >= 4 is 0 Å². The fourth-order valence-electron chi connectivity index (χ4n) is 2.99. The maximum atomic E-state index is 5.40. The van der Waals surface area contributed by atoms with Gasteiger partial charge in [0, 0.05) is 6.54 Å². The van der Waals surface area contributed by atoms with E-state index in [1.165, 1.54) is 14.9 Å². The Labute approximate surface area is 189 Å². The first-order valence-corrected chi connectivity index (χ1v) is 10.9. The van der Waals surface area contributed by atoms with E-state index in [-0.39, 0.29) is 0 Å². The summed E-state index contributed by atoms with van der Waals surface area (Å²) in [5, 5.41) is 0. The Morgan fingerprint density at radius 2 is 1.17 bits per heavy atom. The third-order valence-electron chi connectivity index (χ3n) is 4.65. The van der Waals surface area contributed by atoms with Gasteiger partial charge >= 0.3 is 130 Å². The van der Waals surface area contributed by atoms with Crippen molar-refractivity contribution < 1.29 is 24.1 Å². The Bertz CT molecular complexity index is 986. The van der Waals surface area contributed by atoms with Crippen LogP contribution in [0.1, 0.15) is 16.7 Å². The van der Waals surface area contributed by atoms with Crippen LogP contribution in [0.4, 0.5) is 0 Å². The van der Waals surface area contributed by atoms with Gasteiger partial charge in [0.15, 0.2) is 0 Å². The predicted octanol–water partition coefficient (Wildman–Crippen LogP) is 4.62. The standard InChI is InChI=1S/C17H16N2.C8H11NO.Pt/c1-3-7-16(8-4-1)13-18-11-12-19(15-18)14-17-9-5-2-6-10-17;1-10-8-4-2-7(6-9)3-5-8;/h1-12H,13-14H2;2-5H,6,9H2,1H3;. The number of methoxy groups -OCH3 is 1. The molecule has 1 aromatic heterocycles. The fraction of sp³-hybridized carbons (Fsp3) is 0.160. The molecule has 0 radical (unpaired) electrons. The summed E-state index contributed by atoms with van der Waals surface area (Å²) in [5.41, 5.74) is 9.18. The molecule has 4 rings (SSSR count). The van der Waals surface area contributed by atoms with Crippen molar-refractivity contribution in [2.45, 2.75) is 19.6 Å². The molecule has 0 aliphatic heterocycles. The zero-order valence-electron chi connectivity index (χ0n) is 17.1. The van der Waals surface area contributed by atoms with Crippen LogP contribution in [0.15, 0.2) is 97.3 Å². The van der Waals surface area contributed by atoms with Crippen molar-refractivity contribution in [1.29, 1.82) is 0 Å². The molecule has 0 spiro atoms. The molecule has 0 aliphatic carbocycles. The van der Waals surface area contributed by atoms with E-state index >= 15 is 0 Å². The van der Waals surface area contributed by atoms with Crippen LogP contribution in [0.2, 0.25) is 0 Å². The second-order valence-corrected chi connectivity index (χ2v) is 7.83. The summed E-state index contributed by atoms with van der Waals surface area (Å²) in [6.07, 6.45) is 4.30. The van der Waals surface area contributed by atoms with E-state index < -0.39 is 0 Å². The third-order valence-corrected chi connectivity index (χ3v) is 5.96. The van der Waals surface area contributed by atoms with Gasteiger partial charge in [0.05, 0.1) is 7.11 Å². The summed E-state index contributed by atoms with van der Waals surface area (Å²) in [5.74, 6) is 0.872. The molecule has 0 saturated carbocycles. The van der Waals surface area contributed by atoms with Crippen LogP contribution in [-0.2, 0) is 39.0 Å². The van der Waals surface area contributed by atoms with Crippen molar-refractivity contribution in [1.82, 2.24) is 9.13 Å². The first-order chi connectivity index (χ1) is 14.7. The molecule has 0 fully saturated rings. The van der Waals surface area contributed by atoms with Crippen LogP contribution in [0.5, 0.6) is 5.75 Å². The molecule has 0 unspecified atom stereocenters. The summed E-state index contributed by atoms with van der Waals surface area (Å²) < 4.78 is 10.8. The van der Waals surface area contributed by atoms with E-state index in [0.29, 0.717) is 6.54 Å². The van der Waals surface area contributed by atoms with Crippen molar-refractivity contribution in [2.24, 2.45) is 5.73 Å². The van der Waals surface area contributed by atoms with Crippen LogP contribution < -0.4 is 10.5 Å². The topological polar surface area (TPSA) is 45.1 Å². The minimum atomic E-state index is 0.587. The monoisotopic (exact) mass is 580 g/mol. The quantitative estimate of drug-likeness (QED) is 0.362. The molecule has 4 nitrogen and oxygen atoms in total. The molecule has 158 valence electrons. The molecule has 0 atom stereocenters. The third kappa shape index (κ3) is 6.41. The Morgan fingerprint density at radius 3 is 1.57 bits per heavy atom. The SMILES string of the molecule is COc1ccc(CN)cc1.[Pt]=[c]1n(Cc2ccccc2)ccn1Cc1ccccc1. The van der Waals surface area contributed by atoms with Gasteiger partial charge < -0.3 is 10.5 Å². The van der Waals surface area contributed by atoms with Crippen LogP contribution in [0.25, 0.3) is 0 Å². The average molecular weight is 581 g/mol. The van der Waals surface area contributed by atoms with E-state index in [9.17, 15) is 0 Å². The second-order valence-electron chi connectivity index (χ2n) is 6.82. The maximum absolute atomic E-state index is 5.40. The Balaban J connectivity index is 0.000000216. The molecule has 0 aliphatic rings. The Hall–Kier alpha value is -2.68. The normalized spacial score (nSPS) is 10.3. The molecule has 2 N–H and O–H groups in total. The van der Waals surface area contributed by atoms with Gasteiger partial charge in [0.25, 0.3) is 0 Å². The van der Waals surface area contributed by atoms with Gasteiger partial charge in [-0.15, -0.1) is 0 Å². The van der Waals surface area contributed by atoms with Crippen LogP contribution in [-0.4, -0.2) is 16.2 Å². The molecule has 0 saturated heterocycles. The Morgan fingerprint density at radius 1 is 0.700 bits per heavy atom. The summed E-state index contributed by atoms with van der Waals surface area (Å²) in [6.45, 7) is 2.42. The summed E-state index contributed by atoms with van der Waals surface area (Å²) >= 11 is 2.40. The van der Waals surface area contributed by atoms with Gasteiger partial charge in [-0.25, -0.2) is 0 Å². The Kier molecular flexibility index (Phi) is 8.43. The van der Waals surface area contributed by atoms with Gasteiger partial charge in [-0.3, -0.25) is 0 Å². The summed E-state index contributed by atoms with van der Waals surface area (Å²) in [6, 6.07) is 28.8. The number of hydrogen-bond donors (Lipinski definition) is 1. The van der Waals surface area contributed by atoms with Gasteiger partial charge in [0.1, 0.15) is 5.75 Å². The fourth-order valence-corrected chi connectivity index (χ4v) is 3.69. The molecule has 0 bridgehead atoms. The minimum absolute atomic E-state index is 0.587. The number of ether oxygens (including phenoxy) is 1. The molecule has 4 aromatic rings. The van der Waals surface area contributed by atoms with Gasteiger partial charge in [-0.05, 0) is 17.7 Å². The van der Waals surface area contributed by atoms with Crippen molar-refractivity contribution in [3.63, 3.8) is 0 Å². The van der Waals surface area contributed by atoms with Crippen LogP contribution in [0.3, 0.4) is 0 Å². The van der Waals surface area contributed by atoms with Crippen molar-refractivity contribution in [3.05, 3.63) is 118 Å². The number of rotatable bonds is 6. The van der Waals surface area contributed by atoms with Crippen LogP contribution >= 0.6 is 0 Å². The number of hydrogen-bond acceptors (Lipinski definition) is 2. The van der Waals surface area contributed by atoms with E-state index in [1.807, 2.05) is 24.3 Å². The number of benzene rings is 3. The van der Waals surface area contributed by atoms with Gasteiger partial charge in [0.2, 0.25) is 0 Å². The summed E-state index contributed by atoms with van der Waals surface area (Å²) in [4.78, 5) is 0. The van der Waals surface area contributed by atoms with E-state index in [1.54, 1.807) is 7.11 Å². The second kappa shape index (κ2) is 11.5. The first-order valence-electron chi connectivity index (χ1n) is 9.81. The van der Waals surface area contributed by atoms with Crippen LogP contribution in [0, 0.1) is 3.80 Å². The zero-order chi connectivity index (χ0) is 21.2. The molecule has 0 amide bonds. The van der Waals surface area contributed by atoms with E-state index in [0.717, 1.165) is 24.4 Å². The van der Waals surface area contributed by atoms with Gasteiger partial charge in [-0.1, -0.05) is 12.1 Å². The van der Waals surface area contributed by atoms with E-state index in [4.69, 9.17) is 10.5 Å². The van der Waals surface area contributed by atoms with Gasteiger partial charge in [-0.2, -0.15) is 0 Å². The first kappa shape index (κ1) is 22.0. The predicted molar refractivity (Wildman–Crippen MR) is 118 cm³/mol. The molecule has 3 aromatic carbocycles. The molecule has 5 heteroatoms. The average Bonchev–Trinajstić information content (AvgIpc) is 3.14.